The molecule has 4 aliphatic rings. The fourth-order valence-electron chi connectivity index (χ4n) is 4.92. The average molecular weight is 252 g/mol. The van der Waals surface area contributed by atoms with E-state index >= 15 is 0 Å². The van der Waals surface area contributed by atoms with Gasteiger partial charge in [-0.1, -0.05) is 6.42 Å². The third kappa shape index (κ3) is 1.75. The van der Waals surface area contributed by atoms with Crippen LogP contribution in [0.15, 0.2) is 0 Å². The normalized spacial score (nSPS) is 52.5. The summed E-state index contributed by atoms with van der Waals surface area (Å²) in [5.74, 6) is 2.80. The van der Waals surface area contributed by atoms with Crippen LogP contribution < -0.4 is 0 Å². The lowest BCUT2D eigenvalue weighted by atomic mass is 9.80. The molecule has 3 nitrogen and oxygen atoms in total. The molecule has 1 N–H and O–H groups in total. The van der Waals surface area contributed by atoms with Gasteiger partial charge < -0.3 is 14.6 Å². The Morgan fingerprint density at radius 3 is 2.67 bits per heavy atom. The maximum atomic E-state index is 10.7. The van der Waals surface area contributed by atoms with Gasteiger partial charge in [0.05, 0.1) is 18.3 Å². The molecule has 0 aromatic carbocycles. The highest BCUT2D eigenvalue weighted by atomic mass is 16.6. The van der Waals surface area contributed by atoms with E-state index < -0.39 is 0 Å². The molecule has 0 aromatic rings. The molecule has 0 aromatic heterocycles. The van der Waals surface area contributed by atoms with Gasteiger partial charge in [0.2, 0.25) is 0 Å². The summed E-state index contributed by atoms with van der Waals surface area (Å²) >= 11 is 0. The van der Waals surface area contributed by atoms with Crippen LogP contribution in [0.25, 0.3) is 0 Å². The Balaban J connectivity index is 1.42. The second kappa shape index (κ2) is 4.19. The number of ether oxygens (including phenoxy) is 2. The Labute approximate surface area is 109 Å². The Morgan fingerprint density at radius 2 is 1.94 bits per heavy atom. The summed E-state index contributed by atoms with van der Waals surface area (Å²) in [5.41, 5.74) is -0.0477. The van der Waals surface area contributed by atoms with Crippen molar-refractivity contribution in [1.29, 1.82) is 0 Å². The van der Waals surface area contributed by atoms with E-state index in [2.05, 4.69) is 0 Å². The summed E-state index contributed by atoms with van der Waals surface area (Å²) in [5, 5.41) is 10.7. The van der Waals surface area contributed by atoms with Gasteiger partial charge in [-0.25, -0.2) is 0 Å². The molecule has 1 spiro atoms. The first-order valence-electron chi connectivity index (χ1n) is 7.69. The number of aliphatic hydroxyl groups is 1. The molecule has 0 bridgehead atoms. The van der Waals surface area contributed by atoms with Crippen molar-refractivity contribution < 1.29 is 14.6 Å². The van der Waals surface area contributed by atoms with Crippen LogP contribution in [0.3, 0.4) is 0 Å². The molecule has 0 radical (unpaired) electrons. The van der Waals surface area contributed by atoms with Gasteiger partial charge in [-0.05, 0) is 49.4 Å². The maximum absolute atomic E-state index is 10.7. The fourth-order valence-corrected chi connectivity index (χ4v) is 4.92. The molecule has 0 amide bonds. The van der Waals surface area contributed by atoms with Gasteiger partial charge in [0.25, 0.3) is 0 Å². The van der Waals surface area contributed by atoms with E-state index in [9.17, 15) is 5.11 Å². The molecule has 2 saturated carbocycles. The Morgan fingerprint density at radius 1 is 1.11 bits per heavy atom. The lowest BCUT2D eigenvalue weighted by Gasteiger charge is -2.39. The highest BCUT2D eigenvalue weighted by Crippen LogP contribution is 2.60. The maximum Gasteiger partial charge on any atom is 0.0940 e. The van der Waals surface area contributed by atoms with E-state index in [-0.39, 0.29) is 11.7 Å². The van der Waals surface area contributed by atoms with Crippen molar-refractivity contribution in [1.82, 2.24) is 0 Å². The van der Waals surface area contributed by atoms with Crippen molar-refractivity contribution in [2.24, 2.45) is 23.7 Å². The SMILES string of the molecule is OC(C1CCOC2(CCOC2)C1)C1C2CCCC21. The number of rotatable bonds is 2. The molecule has 4 fully saturated rings. The summed E-state index contributed by atoms with van der Waals surface area (Å²) < 4.78 is 11.5. The summed E-state index contributed by atoms with van der Waals surface area (Å²) in [4.78, 5) is 0. The first-order chi connectivity index (χ1) is 8.79. The van der Waals surface area contributed by atoms with Crippen molar-refractivity contribution in [2.75, 3.05) is 19.8 Å². The summed E-state index contributed by atoms with van der Waals surface area (Å²) in [6, 6.07) is 0. The summed E-state index contributed by atoms with van der Waals surface area (Å²) in [7, 11) is 0. The van der Waals surface area contributed by atoms with Crippen LogP contribution in [0.4, 0.5) is 0 Å². The van der Waals surface area contributed by atoms with Crippen LogP contribution in [-0.2, 0) is 9.47 Å². The minimum atomic E-state index is -0.0679. The van der Waals surface area contributed by atoms with Crippen molar-refractivity contribution in [3.63, 3.8) is 0 Å². The zero-order valence-electron chi connectivity index (χ0n) is 11.0. The lowest BCUT2D eigenvalue weighted by molar-refractivity contribution is -0.120. The minimum absolute atomic E-state index is 0.0477. The third-order valence-corrected chi connectivity index (χ3v) is 5.95. The molecular weight excluding hydrogens is 228 g/mol. The van der Waals surface area contributed by atoms with Gasteiger partial charge in [-0.2, -0.15) is 0 Å². The third-order valence-electron chi connectivity index (χ3n) is 5.95. The Hall–Kier alpha value is -0.120. The number of hydrogen-bond acceptors (Lipinski definition) is 3. The Kier molecular flexibility index (Phi) is 2.72. The van der Waals surface area contributed by atoms with Crippen LogP contribution in [0.5, 0.6) is 0 Å². The van der Waals surface area contributed by atoms with E-state index in [0.29, 0.717) is 11.8 Å². The summed E-state index contributed by atoms with van der Waals surface area (Å²) in [6.07, 6.45) is 7.14. The van der Waals surface area contributed by atoms with Crippen LogP contribution in [-0.4, -0.2) is 36.6 Å². The standard InChI is InChI=1S/C15H24O3/c16-14(13-11-2-1-3-12(11)13)10-4-6-18-15(8-10)5-7-17-9-15/h10-14,16H,1-9H2. The van der Waals surface area contributed by atoms with E-state index in [0.717, 1.165) is 50.9 Å². The van der Waals surface area contributed by atoms with Crippen molar-refractivity contribution in [3.8, 4) is 0 Å². The number of fused-ring (bicyclic) bond motifs is 1. The Bertz CT molecular complexity index is 314. The molecule has 102 valence electrons. The molecule has 2 aliphatic carbocycles. The average Bonchev–Trinajstić information content (AvgIpc) is 2.78. The van der Waals surface area contributed by atoms with Crippen LogP contribution in [0, 0.1) is 23.7 Å². The highest BCUT2D eigenvalue weighted by Gasteiger charge is 2.58. The van der Waals surface area contributed by atoms with Gasteiger partial charge in [0.15, 0.2) is 0 Å². The zero-order valence-corrected chi connectivity index (χ0v) is 11.0. The van der Waals surface area contributed by atoms with Crippen LogP contribution in [0.2, 0.25) is 0 Å². The molecular formula is C15H24O3. The molecule has 2 aliphatic heterocycles. The van der Waals surface area contributed by atoms with Gasteiger partial charge in [-0.15, -0.1) is 0 Å². The van der Waals surface area contributed by atoms with Gasteiger partial charge in [0, 0.05) is 19.6 Å². The van der Waals surface area contributed by atoms with Crippen molar-refractivity contribution >= 4 is 0 Å². The highest BCUT2D eigenvalue weighted by molar-refractivity contribution is 5.06. The van der Waals surface area contributed by atoms with Crippen LogP contribution >= 0.6 is 0 Å². The first kappa shape index (κ1) is 11.7. The van der Waals surface area contributed by atoms with Crippen LogP contribution in [0.1, 0.15) is 38.5 Å². The summed E-state index contributed by atoms with van der Waals surface area (Å²) in [6.45, 7) is 2.39. The monoisotopic (exact) mass is 252 g/mol. The number of aliphatic hydroxyl groups excluding tert-OH is 1. The largest absolute Gasteiger partial charge is 0.393 e. The fraction of sp³-hybridized carbons (Fsp3) is 1.00. The lowest BCUT2D eigenvalue weighted by Crippen LogP contribution is -2.44. The molecule has 2 heterocycles. The molecule has 5 unspecified atom stereocenters. The smallest absolute Gasteiger partial charge is 0.0940 e. The molecule has 5 atom stereocenters. The quantitative estimate of drug-likeness (QED) is 0.816. The van der Waals surface area contributed by atoms with E-state index in [1.165, 1.54) is 19.3 Å². The predicted molar refractivity (Wildman–Crippen MR) is 67.2 cm³/mol. The topological polar surface area (TPSA) is 38.7 Å². The molecule has 18 heavy (non-hydrogen) atoms. The first-order valence-corrected chi connectivity index (χ1v) is 7.69. The second-order valence-corrected chi connectivity index (χ2v) is 6.91. The zero-order chi connectivity index (χ0) is 12.2. The molecule has 4 rings (SSSR count). The minimum Gasteiger partial charge on any atom is -0.393 e. The van der Waals surface area contributed by atoms with Gasteiger partial charge in [0.1, 0.15) is 0 Å². The molecule has 2 saturated heterocycles. The van der Waals surface area contributed by atoms with Gasteiger partial charge in [-0.3, -0.25) is 0 Å². The second-order valence-electron chi connectivity index (χ2n) is 6.91. The number of hydrogen-bond donors (Lipinski definition) is 1. The molecule has 3 heteroatoms. The van der Waals surface area contributed by atoms with E-state index in [1.54, 1.807) is 0 Å². The van der Waals surface area contributed by atoms with E-state index in [4.69, 9.17) is 9.47 Å². The van der Waals surface area contributed by atoms with Crippen molar-refractivity contribution in [3.05, 3.63) is 0 Å². The van der Waals surface area contributed by atoms with E-state index in [1.807, 2.05) is 0 Å². The van der Waals surface area contributed by atoms with Gasteiger partial charge >= 0.3 is 0 Å². The van der Waals surface area contributed by atoms with Crippen molar-refractivity contribution in [2.45, 2.75) is 50.2 Å². The predicted octanol–water partition coefficient (Wildman–Crippen LogP) is 1.98.